The van der Waals surface area contributed by atoms with Crippen molar-refractivity contribution in [3.05, 3.63) is 39.2 Å². The Kier molecular flexibility index (Phi) is 7.98. The zero-order valence-corrected chi connectivity index (χ0v) is 26.5. The predicted molar refractivity (Wildman–Crippen MR) is 158 cm³/mol. The minimum atomic E-state index is -4.38. The summed E-state index contributed by atoms with van der Waals surface area (Å²) < 4.78 is 67.9. The van der Waals surface area contributed by atoms with Crippen molar-refractivity contribution in [2.24, 2.45) is 0 Å². The number of nitrogens with one attached hydrogen (secondary N) is 2. The van der Waals surface area contributed by atoms with Crippen molar-refractivity contribution < 1.29 is 46.1 Å². The molecule has 0 radical (unpaired) electrons. The second-order valence-electron chi connectivity index (χ2n) is 10.4. The molecule has 0 amide bonds. The van der Waals surface area contributed by atoms with E-state index in [9.17, 15) is 19.4 Å². The quantitative estimate of drug-likeness (QED) is 0.169. The molecule has 4 bridgehead atoms. The topological polar surface area (TPSA) is 249 Å². The molecule has 7 rings (SSSR count). The summed E-state index contributed by atoms with van der Waals surface area (Å²) in [6.07, 6.45) is -11.3. The van der Waals surface area contributed by atoms with Crippen LogP contribution in [-0.4, -0.2) is 98.8 Å². The molecule has 2 unspecified atom stereocenters. The molecule has 3 saturated heterocycles. The maximum atomic E-state index is 16.0. The highest BCUT2D eigenvalue weighted by molar-refractivity contribution is 8.07. The van der Waals surface area contributed by atoms with Gasteiger partial charge in [-0.05, 0) is 30.5 Å². The molecule has 0 aliphatic carbocycles. The Hall–Kier alpha value is -2.66. The van der Waals surface area contributed by atoms with Crippen molar-refractivity contribution in [2.75, 3.05) is 18.9 Å². The normalized spacial score (nSPS) is 37.2. The average Bonchev–Trinajstić information content (AvgIpc) is 3.72. The number of halogens is 2. The number of nitrogens with zero attached hydrogens (tertiary/aromatic N) is 6. The van der Waals surface area contributed by atoms with Crippen molar-refractivity contribution >= 4 is 65.3 Å². The van der Waals surface area contributed by atoms with Crippen LogP contribution in [0.25, 0.3) is 22.3 Å². The molecule has 6 N–H and O–H groups in total. The summed E-state index contributed by atoms with van der Waals surface area (Å²) in [5, 5.41) is 0. The largest absolute Gasteiger partial charge is 0.369 e. The second kappa shape index (κ2) is 11.5. The fraction of sp³-hybridized carbons (Fsp3) is 0.524. The third-order valence-electron chi connectivity index (χ3n) is 7.39. The summed E-state index contributed by atoms with van der Waals surface area (Å²) in [4.78, 5) is 67.7. The van der Waals surface area contributed by atoms with Gasteiger partial charge in [-0.3, -0.25) is 32.8 Å². The molecule has 0 saturated carbocycles. The van der Waals surface area contributed by atoms with Crippen LogP contribution in [-0.2, 0) is 51.2 Å². The van der Waals surface area contributed by atoms with E-state index >= 15 is 8.78 Å². The van der Waals surface area contributed by atoms with Gasteiger partial charge in [-0.15, -0.1) is 0 Å². The van der Waals surface area contributed by atoms with Crippen LogP contribution in [0.4, 0.5) is 14.7 Å². The number of rotatable bonds is 2. The van der Waals surface area contributed by atoms with Crippen LogP contribution in [0, 0.1) is 6.92 Å². The first kappa shape index (κ1) is 31.9. The van der Waals surface area contributed by atoms with E-state index in [0.29, 0.717) is 0 Å². The molecule has 248 valence electrons. The smallest absolute Gasteiger partial charge is 0.325 e. The SMILES string of the molecule is Cc1nc2c(ncn2[C@@H]2O[C@@H]3COP(O)(=S)O[C@@H]4[C@@H](F)[C@@H](COP(O)(=S)O[C@@H]2[C@H]3F)O[C@H]4n2cnc3c(=O)[nH]c(N)nc32)c(=O)[nH]1. The second-order valence-corrected chi connectivity index (χ2v) is 16.0. The first-order valence-electron chi connectivity index (χ1n) is 13.3. The van der Waals surface area contributed by atoms with Gasteiger partial charge in [0.1, 0.15) is 30.2 Å². The minimum Gasteiger partial charge on any atom is -0.369 e. The van der Waals surface area contributed by atoms with Gasteiger partial charge in [0.2, 0.25) is 5.95 Å². The number of H-pyrrole nitrogens is 2. The summed E-state index contributed by atoms with van der Waals surface area (Å²) >= 11 is 10.3. The van der Waals surface area contributed by atoms with Crippen LogP contribution in [0.5, 0.6) is 0 Å². The van der Waals surface area contributed by atoms with Crippen molar-refractivity contribution in [2.45, 2.75) is 56.1 Å². The fourth-order valence-corrected chi connectivity index (χ4v) is 8.20. The monoisotopic (exact) mass is 725 g/mol. The van der Waals surface area contributed by atoms with Gasteiger partial charge in [-0.25, -0.2) is 23.7 Å². The molecule has 0 aromatic carbocycles. The summed E-state index contributed by atoms with van der Waals surface area (Å²) in [6, 6.07) is 0. The number of hydrogen-bond donors (Lipinski definition) is 5. The lowest BCUT2D eigenvalue weighted by atomic mass is 10.1. The van der Waals surface area contributed by atoms with Gasteiger partial charge in [-0.2, -0.15) is 4.98 Å². The average molecular weight is 726 g/mol. The standard InChI is InChI=1S/C21H23F2N9O10P2S2/c1-6-27-15-11(17(33)28-6)25-4-31(15)19-13-9(22)7(39-19)2-37-44(36,46)42-14-10(23)8(3-38-43(35,45)41-13)40-20(14)32-5-26-12-16(32)29-21(24)30-18(12)34/h4-5,7-10,13-14,19-20H,2-3H2,1H3,(H,35,45)(H,36,46)(H,27,28,33)(H3,24,29,30,34)/t7-,8-,9+,10+,13-,14-,19-,20-,43?,44?/m1/s1. The Bertz CT molecular complexity index is 1920. The van der Waals surface area contributed by atoms with E-state index in [1.807, 2.05) is 0 Å². The number of nitrogen functional groups attached to an aromatic ring is 1. The number of hydrogen-bond acceptors (Lipinski definition) is 15. The molecule has 3 aliphatic heterocycles. The van der Waals surface area contributed by atoms with Gasteiger partial charge in [-0.1, -0.05) is 0 Å². The van der Waals surface area contributed by atoms with Crippen LogP contribution in [0.1, 0.15) is 18.3 Å². The lowest BCUT2D eigenvalue weighted by Crippen LogP contribution is -2.35. The van der Waals surface area contributed by atoms with Crippen molar-refractivity contribution in [1.29, 1.82) is 0 Å². The first-order valence-corrected chi connectivity index (χ1v) is 18.5. The molecule has 19 nitrogen and oxygen atoms in total. The molecular formula is C21H23F2N9O10P2S2. The highest BCUT2D eigenvalue weighted by Crippen LogP contribution is 2.54. The van der Waals surface area contributed by atoms with E-state index in [4.69, 9.17) is 56.9 Å². The van der Waals surface area contributed by atoms with E-state index in [0.717, 1.165) is 17.2 Å². The maximum absolute atomic E-state index is 16.0. The van der Waals surface area contributed by atoms with Gasteiger partial charge in [0.05, 0.1) is 25.9 Å². The molecule has 3 fully saturated rings. The minimum absolute atomic E-state index is 0.0107. The lowest BCUT2D eigenvalue weighted by Gasteiger charge is -2.27. The molecule has 4 aromatic heterocycles. The van der Waals surface area contributed by atoms with Crippen LogP contribution < -0.4 is 16.9 Å². The Morgan fingerprint density at radius 3 is 1.83 bits per heavy atom. The van der Waals surface area contributed by atoms with Gasteiger partial charge >= 0.3 is 13.4 Å². The maximum Gasteiger partial charge on any atom is 0.325 e. The van der Waals surface area contributed by atoms with Crippen LogP contribution in [0.3, 0.4) is 0 Å². The van der Waals surface area contributed by atoms with Crippen molar-refractivity contribution in [3.63, 3.8) is 0 Å². The molecule has 7 heterocycles. The molecular weight excluding hydrogens is 702 g/mol. The zero-order valence-electron chi connectivity index (χ0n) is 23.1. The van der Waals surface area contributed by atoms with E-state index in [1.165, 1.54) is 11.5 Å². The Balaban J connectivity index is 1.23. The summed E-state index contributed by atoms with van der Waals surface area (Å²) in [5.74, 6) is -0.0450. The van der Waals surface area contributed by atoms with E-state index < -0.39 is 87.0 Å². The zero-order chi connectivity index (χ0) is 32.7. The highest BCUT2D eigenvalue weighted by atomic mass is 32.5. The van der Waals surface area contributed by atoms with Gasteiger partial charge < -0.3 is 39.0 Å². The predicted octanol–water partition coefficient (Wildman–Crippen LogP) is -0.135. The molecule has 0 spiro atoms. The summed E-state index contributed by atoms with van der Waals surface area (Å²) in [6.45, 7) is -8.72. The van der Waals surface area contributed by atoms with Crippen LogP contribution in [0.2, 0.25) is 0 Å². The number of aromatic nitrogens is 8. The third kappa shape index (κ3) is 5.63. The summed E-state index contributed by atoms with van der Waals surface area (Å²) in [7, 11) is 0. The molecule has 46 heavy (non-hydrogen) atoms. The van der Waals surface area contributed by atoms with Crippen LogP contribution >= 0.6 is 13.4 Å². The Morgan fingerprint density at radius 2 is 1.33 bits per heavy atom. The molecule has 3 aliphatic rings. The van der Waals surface area contributed by atoms with E-state index in [2.05, 4.69) is 29.9 Å². The molecule has 25 heteroatoms. The lowest BCUT2D eigenvalue weighted by molar-refractivity contribution is -0.0608. The van der Waals surface area contributed by atoms with Gasteiger partial charge in [0.15, 0.2) is 47.1 Å². The Labute approximate surface area is 264 Å². The number of aromatic amines is 2. The molecule has 10 atom stereocenters. The number of alkyl halides is 2. The van der Waals surface area contributed by atoms with Gasteiger partial charge in [0, 0.05) is 0 Å². The number of anilines is 1. The first-order chi connectivity index (χ1) is 21.7. The number of aryl methyl sites for hydroxylation is 1. The fourth-order valence-electron chi connectivity index (χ4n) is 5.39. The summed E-state index contributed by atoms with van der Waals surface area (Å²) in [5.41, 5.74) is 4.09. The van der Waals surface area contributed by atoms with Crippen molar-refractivity contribution in [3.8, 4) is 0 Å². The molecule has 4 aromatic rings. The van der Waals surface area contributed by atoms with Gasteiger partial charge in [0.25, 0.3) is 11.1 Å². The Morgan fingerprint density at radius 1 is 0.870 bits per heavy atom. The van der Waals surface area contributed by atoms with E-state index in [-0.39, 0.29) is 34.1 Å². The van der Waals surface area contributed by atoms with Crippen molar-refractivity contribution in [1.82, 2.24) is 39.0 Å². The number of fused-ring (bicyclic) bond motifs is 6. The number of ether oxygens (including phenoxy) is 2. The number of imidazole rings is 2. The number of nitrogens with two attached hydrogens (primary N) is 1. The van der Waals surface area contributed by atoms with E-state index in [1.54, 1.807) is 0 Å². The highest BCUT2D eigenvalue weighted by Gasteiger charge is 2.53. The van der Waals surface area contributed by atoms with Crippen LogP contribution in [0.15, 0.2) is 22.2 Å². The third-order valence-corrected chi connectivity index (χ3v) is 10.5.